The second-order valence-corrected chi connectivity index (χ2v) is 6.56. The van der Waals surface area contributed by atoms with Gasteiger partial charge in [-0.3, -0.25) is 0 Å². The zero-order valence-corrected chi connectivity index (χ0v) is 13.5. The molecule has 0 bridgehead atoms. The average Bonchev–Trinajstić information content (AvgIpc) is 3.05. The molecule has 0 aliphatic heterocycles. The molecular weight excluding hydrogens is 296 g/mol. The van der Waals surface area contributed by atoms with Crippen LogP contribution in [0.15, 0.2) is 84.9 Å². The summed E-state index contributed by atoms with van der Waals surface area (Å²) in [5, 5.41) is 1.31. The van der Waals surface area contributed by atoms with Crippen molar-refractivity contribution in [2.75, 3.05) is 0 Å². The van der Waals surface area contributed by atoms with Crippen LogP contribution in [0.2, 0.25) is 0 Å². The predicted molar refractivity (Wildman–Crippen MR) is 103 cm³/mol. The van der Waals surface area contributed by atoms with Crippen LogP contribution in [0.4, 0.5) is 0 Å². The van der Waals surface area contributed by atoms with Crippen molar-refractivity contribution in [1.82, 2.24) is 0 Å². The Kier molecular flexibility index (Phi) is 3.79. The summed E-state index contributed by atoms with van der Waals surface area (Å²) in [5.74, 6) is 0. The van der Waals surface area contributed by atoms with Crippen molar-refractivity contribution in [2.24, 2.45) is 0 Å². The molecule has 1 heterocycles. The Labute approximate surface area is 140 Å². The molecule has 23 heavy (non-hydrogen) atoms. The van der Waals surface area contributed by atoms with E-state index < -0.39 is 0 Å². The Bertz CT molecular complexity index is 928. The van der Waals surface area contributed by atoms with Crippen molar-refractivity contribution < 1.29 is 0 Å². The van der Waals surface area contributed by atoms with Crippen LogP contribution in [0.3, 0.4) is 0 Å². The van der Waals surface area contributed by atoms with Gasteiger partial charge in [-0.15, -0.1) is 11.3 Å². The number of hydrogen-bond donors (Lipinski definition) is 0. The van der Waals surface area contributed by atoms with Crippen molar-refractivity contribution in [2.45, 2.75) is 0 Å². The molecule has 4 rings (SSSR count). The molecule has 0 spiro atoms. The molecule has 110 valence electrons. The second-order valence-electron chi connectivity index (χ2n) is 5.48. The van der Waals surface area contributed by atoms with Gasteiger partial charge in [0.2, 0.25) is 0 Å². The van der Waals surface area contributed by atoms with Crippen LogP contribution in [0.5, 0.6) is 0 Å². The first-order valence-electron chi connectivity index (χ1n) is 7.71. The Balaban J connectivity index is 1.76. The monoisotopic (exact) mass is 312 g/mol. The number of rotatable bonds is 3. The fraction of sp³-hybridized carbons (Fsp3) is 0. The zero-order valence-electron chi connectivity index (χ0n) is 12.6. The van der Waals surface area contributed by atoms with Crippen molar-refractivity contribution in [1.29, 1.82) is 0 Å². The van der Waals surface area contributed by atoms with Crippen LogP contribution in [-0.4, -0.2) is 0 Å². The highest BCUT2D eigenvalue weighted by Crippen LogP contribution is 2.35. The molecule has 0 N–H and O–H groups in total. The number of fused-ring (bicyclic) bond motifs is 1. The lowest BCUT2D eigenvalue weighted by atomic mass is 10.0. The first kappa shape index (κ1) is 14.0. The van der Waals surface area contributed by atoms with Gasteiger partial charge in [-0.1, -0.05) is 84.9 Å². The van der Waals surface area contributed by atoms with Gasteiger partial charge in [0.15, 0.2) is 0 Å². The van der Waals surface area contributed by atoms with E-state index in [-0.39, 0.29) is 0 Å². The molecule has 0 aliphatic carbocycles. The second kappa shape index (κ2) is 6.23. The van der Waals surface area contributed by atoms with E-state index in [4.69, 9.17) is 0 Å². The van der Waals surface area contributed by atoms with Gasteiger partial charge in [0.25, 0.3) is 0 Å². The van der Waals surface area contributed by atoms with Crippen molar-refractivity contribution >= 4 is 33.6 Å². The molecule has 0 aliphatic rings. The summed E-state index contributed by atoms with van der Waals surface area (Å²) < 4.78 is 1.34. The van der Waals surface area contributed by atoms with Gasteiger partial charge in [0.1, 0.15) is 0 Å². The van der Waals surface area contributed by atoms with Gasteiger partial charge in [-0.2, -0.15) is 0 Å². The quantitative estimate of drug-likeness (QED) is 0.367. The molecular formula is C22H16S. The minimum Gasteiger partial charge on any atom is -0.135 e. The minimum absolute atomic E-state index is 1.22. The molecule has 4 aromatic rings. The fourth-order valence-electron chi connectivity index (χ4n) is 2.73. The minimum atomic E-state index is 1.22. The maximum atomic E-state index is 2.29. The van der Waals surface area contributed by atoms with Gasteiger partial charge in [0, 0.05) is 9.58 Å². The highest BCUT2D eigenvalue weighted by molar-refractivity contribution is 7.22. The molecule has 1 heteroatoms. The highest BCUT2D eigenvalue weighted by Gasteiger charge is 2.06. The van der Waals surface area contributed by atoms with Gasteiger partial charge in [-0.25, -0.2) is 0 Å². The van der Waals surface area contributed by atoms with Crippen LogP contribution in [0.1, 0.15) is 11.1 Å². The summed E-state index contributed by atoms with van der Waals surface area (Å²) in [6.45, 7) is 0. The topological polar surface area (TPSA) is 0 Å². The van der Waals surface area contributed by atoms with Crippen molar-refractivity contribution in [3.05, 3.63) is 96.1 Å². The lowest BCUT2D eigenvalue weighted by Crippen LogP contribution is -1.79. The maximum absolute atomic E-state index is 2.29. The molecule has 0 fully saturated rings. The first-order valence-corrected chi connectivity index (χ1v) is 8.53. The third kappa shape index (κ3) is 2.96. The van der Waals surface area contributed by atoms with Crippen molar-refractivity contribution in [3.8, 4) is 10.4 Å². The standard InChI is InChI=1S/C22H16S/c1-2-8-17(9-3-1)14-15-18-10-4-6-12-20(18)22-16-19-11-5-7-13-21(19)23-22/h1-16H. The van der Waals surface area contributed by atoms with E-state index in [0.717, 1.165) is 0 Å². The zero-order chi connectivity index (χ0) is 15.5. The van der Waals surface area contributed by atoms with Crippen LogP contribution < -0.4 is 0 Å². The molecule has 3 aromatic carbocycles. The molecule has 0 amide bonds. The molecule has 0 saturated carbocycles. The third-order valence-electron chi connectivity index (χ3n) is 3.91. The van der Waals surface area contributed by atoms with E-state index in [2.05, 4.69) is 91.0 Å². The van der Waals surface area contributed by atoms with Gasteiger partial charge >= 0.3 is 0 Å². The summed E-state index contributed by atoms with van der Waals surface area (Å²) in [6.07, 6.45) is 4.38. The van der Waals surface area contributed by atoms with E-state index in [9.17, 15) is 0 Å². The molecule has 0 nitrogen and oxygen atoms in total. The maximum Gasteiger partial charge on any atom is 0.0361 e. The predicted octanol–water partition coefficient (Wildman–Crippen LogP) is 6.74. The Morgan fingerprint density at radius 3 is 2.26 bits per heavy atom. The van der Waals surface area contributed by atoms with E-state index in [0.29, 0.717) is 0 Å². The van der Waals surface area contributed by atoms with Crippen LogP contribution in [0, 0.1) is 0 Å². The summed E-state index contributed by atoms with van der Waals surface area (Å²) in [7, 11) is 0. The van der Waals surface area contributed by atoms with E-state index >= 15 is 0 Å². The smallest absolute Gasteiger partial charge is 0.0361 e. The van der Waals surface area contributed by atoms with E-state index in [1.807, 2.05) is 17.4 Å². The number of benzene rings is 3. The lowest BCUT2D eigenvalue weighted by Gasteiger charge is -2.03. The van der Waals surface area contributed by atoms with Crippen LogP contribution in [0.25, 0.3) is 32.7 Å². The van der Waals surface area contributed by atoms with E-state index in [1.54, 1.807) is 0 Å². The van der Waals surface area contributed by atoms with E-state index in [1.165, 1.54) is 31.7 Å². The SMILES string of the molecule is C(=Cc1ccccc1-c1cc2ccccc2s1)c1ccccc1. The first-order chi connectivity index (χ1) is 11.4. The largest absolute Gasteiger partial charge is 0.135 e. The van der Waals surface area contributed by atoms with Gasteiger partial charge < -0.3 is 0 Å². The molecule has 1 aromatic heterocycles. The number of hydrogen-bond acceptors (Lipinski definition) is 1. The summed E-state index contributed by atoms with van der Waals surface area (Å²) in [6, 6.07) is 29.9. The van der Waals surface area contributed by atoms with Crippen molar-refractivity contribution in [3.63, 3.8) is 0 Å². The molecule has 0 saturated heterocycles. The Morgan fingerprint density at radius 1 is 0.652 bits per heavy atom. The van der Waals surface area contributed by atoms with Crippen LogP contribution >= 0.6 is 11.3 Å². The van der Waals surface area contributed by atoms with Crippen LogP contribution in [-0.2, 0) is 0 Å². The molecule has 0 radical (unpaired) electrons. The molecule has 0 atom stereocenters. The Hall–Kier alpha value is -2.64. The normalized spacial score (nSPS) is 11.3. The van der Waals surface area contributed by atoms with Gasteiger partial charge in [-0.05, 0) is 34.2 Å². The third-order valence-corrected chi connectivity index (χ3v) is 5.06. The van der Waals surface area contributed by atoms with Gasteiger partial charge in [0.05, 0.1) is 0 Å². The average molecular weight is 312 g/mol. The summed E-state index contributed by atoms with van der Waals surface area (Å²) >= 11 is 1.85. The highest BCUT2D eigenvalue weighted by atomic mass is 32.1. The summed E-state index contributed by atoms with van der Waals surface area (Å²) in [5.41, 5.74) is 3.77. The summed E-state index contributed by atoms with van der Waals surface area (Å²) in [4.78, 5) is 1.32. The fourth-order valence-corrected chi connectivity index (χ4v) is 3.84. The Morgan fingerprint density at radius 2 is 1.39 bits per heavy atom. The number of thiophene rings is 1. The molecule has 0 unspecified atom stereocenters. The lowest BCUT2D eigenvalue weighted by molar-refractivity contribution is 1.64.